The molecule has 0 bridgehead atoms. The molecule has 18 heavy (non-hydrogen) atoms. The van der Waals surface area contributed by atoms with Crippen molar-refractivity contribution >= 4 is 29.1 Å². The maximum absolute atomic E-state index is 6.15. The second-order valence-corrected chi connectivity index (χ2v) is 5.79. The number of anilines is 1. The normalized spacial score (nSPS) is 11.1. The van der Waals surface area contributed by atoms with Gasteiger partial charge in [-0.25, -0.2) is 4.98 Å². The summed E-state index contributed by atoms with van der Waals surface area (Å²) in [5.41, 5.74) is 7.56. The van der Waals surface area contributed by atoms with Gasteiger partial charge in [-0.15, -0.1) is 11.8 Å². The maximum Gasteiger partial charge on any atom is 0.0950 e. The van der Waals surface area contributed by atoms with Gasteiger partial charge in [0.2, 0.25) is 0 Å². The van der Waals surface area contributed by atoms with Crippen molar-refractivity contribution in [1.82, 2.24) is 9.55 Å². The molecule has 1 aromatic heterocycles. The average molecular weight is 282 g/mol. The molecule has 1 heterocycles. The van der Waals surface area contributed by atoms with Gasteiger partial charge >= 0.3 is 0 Å². The number of imidazole rings is 1. The molecule has 0 fully saturated rings. The van der Waals surface area contributed by atoms with E-state index < -0.39 is 0 Å². The van der Waals surface area contributed by atoms with Crippen LogP contribution in [0, 0.1) is 0 Å². The number of hydrogen-bond acceptors (Lipinski definition) is 3. The molecular weight excluding hydrogens is 266 g/mol. The van der Waals surface area contributed by atoms with Gasteiger partial charge in [0.05, 0.1) is 11.3 Å². The number of nitrogens with two attached hydrogens (primary N) is 1. The summed E-state index contributed by atoms with van der Waals surface area (Å²) in [4.78, 5) is 5.23. The van der Waals surface area contributed by atoms with Crippen LogP contribution in [-0.4, -0.2) is 9.55 Å². The van der Waals surface area contributed by atoms with Gasteiger partial charge in [-0.05, 0) is 32.0 Å². The molecular formula is C13H16ClN3S. The van der Waals surface area contributed by atoms with E-state index >= 15 is 0 Å². The predicted octanol–water partition coefficient (Wildman–Crippen LogP) is 3.99. The third-order valence-electron chi connectivity index (χ3n) is 2.63. The van der Waals surface area contributed by atoms with Crippen LogP contribution in [0.25, 0.3) is 0 Å². The van der Waals surface area contributed by atoms with E-state index in [4.69, 9.17) is 17.3 Å². The summed E-state index contributed by atoms with van der Waals surface area (Å²) in [5, 5.41) is 0.704. The molecule has 2 N–H and O–H groups in total. The lowest BCUT2D eigenvalue weighted by Crippen LogP contribution is -2.02. The number of halogens is 1. The van der Waals surface area contributed by atoms with E-state index in [1.54, 1.807) is 17.8 Å². The molecule has 0 aliphatic heterocycles. The Bertz CT molecular complexity index is 537. The minimum Gasteiger partial charge on any atom is -0.399 e. The highest BCUT2D eigenvalue weighted by atomic mass is 35.5. The van der Waals surface area contributed by atoms with E-state index in [0.717, 1.165) is 10.6 Å². The quantitative estimate of drug-likeness (QED) is 0.681. The first kappa shape index (κ1) is 13.3. The van der Waals surface area contributed by atoms with E-state index in [1.165, 1.54) is 5.69 Å². The third-order valence-corrected chi connectivity index (χ3v) is 4.17. The van der Waals surface area contributed by atoms with Crippen LogP contribution in [0.5, 0.6) is 0 Å². The highest BCUT2D eigenvalue weighted by Crippen LogP contribution is 2.31. The van der Waals surface area contributed by atoms with E-state index in [-0.39, 0.29) is 0 Å². The smallest absolute Gasteiger partial charge is 0.0950 e. The molecule has 5 heteroatoms. The zero-order chi connectivity index (χ0) is 13.1. The van der Waals surface area contributed by atoms with Gasteiger partial charge in [0.1, 0.15) is 0 Å². The van der Waals surface area contributed by atoms with E-state index in [2.05, 4.69) is 23.4 Å². The number of aromatic nitrogens is 2. The van der Waals surface area contributed by atoms with Crippen molar-refractivity contribution < 1.29 is 0 Å². The summed E-state index contributed by atoms with van der Waals surface area (Å²) in [5.74, 6) is 0.849. The predicted molar refractivity (Wildman–Crippen MR) is 78.0 cm³/mol. The monoisotopic (exact) mass is 281 g/mol. The molecule has 0 atom stereocenters. The van der Waals surface area contributed by atoms with Crippen molar-refractivity contribution in [2.45, 2.75) is 30.5 Å². The van der Waals surface area contributed by atoms with Gasteiger partial charge in [0.15, 0.2) is 0 Å². The van der Waals surface area contributed by atoms with Crippen molar-refractivity contribution in [2.75, 3.05) is 5.73 Å². The fourth-order valence-electron chi connectivity index (χ4n) is 1.69. The van der Waals surface area contributed by atoms with Crippen LogP contribution >= 0.6 is 23.4 Å². The Hall–Kier alpha value is -1.13. The van der Waals surface area contributed by atoms with E-state index in [1.807, 2.05) is 24.7 Å². The standard InChI is InChI=1S/C13H16ClN3S/c1-9(2)17-8-16-6-11(17)7-18-13-4-3-10(15)5-12(13)14/h3-6,8-9H,7,15H2,1-2H3. The van der Waals surface area contributed by atoms with Gasteiger partial charge in [0, 0.05) is 34.3 Å². The minimum absolute atomic E-state index is 0.421. The SMILES string of the molecule is CC(C)n1cncc1CSc1ccc(N)cc1Cl. The second-order valence-electron chi connectivity index (χ2n) is 4.36. The largest absolute Gasteiger partial charge is 0.399 e. The summed E-state index contributed by atoms with van der Waals surface area (Å²) in [6.45, 7) is 4.29. The number of benzene rings is 1. The molecule has 0 saturated heterocycles. The van der Waals surface area contributed by atoms with Crippen LogP contribution < -0.4 is 5.73 Å². The van der Waals surface area contributed by atoms with Gasteiger partial charge in [-0.2, -0.15) is 0 Å². The molecule has 0 aliphatic carbocycles. The Kier molecular flexibility index (Phi) is 4.19. The van der Waals surface area contributed by atoms with Crippen LogP contribution in [0.15, 0.2) is 35.6 Å². The Morgan fingerprint density at radius 3 is 2.89 bits per heavy atom. The zero-order valence-electron chi connectivity index (χ0n) is 10.4. The molecule has 0 saturated carbocycles. The summed E-state index contributed by atoms with van der Waals surface area (Å²) in [6, 6.07) is 6.03. The van der Waals surface area contributed by atoms with Crippen LogP contribution in [-0.2, 0) is 5.75 Å². The molecule has 1 aromatic carbocycles. The first-order chi connectivity index (χ1) is 8.58. The van der Waals surface area contributed by atoms with Crippen LogP contribution in [0.4, 0.5) is 5.69 Å². The molecule has 0 radical (unpaired) electrons. The Morgan fingerprint density at radius 2 is 2.22 bits per heavy atom. The second kappa shape index (κ2) is 5.67. The van der Waals surface area contributed by atoms with Crippen molar-refractivity contribution in [1.29, 1.82) is 0 Å². The first-order valence-electron chi connectivity index (χ1n) is 5.76. The zero-order valence-corrected chi connectivity index (χ0v) is 12.0. The van der Waals surface area contributed by atoms with E-state index in [9.17, 15) is 0 Å². The average Bonchev–Trinajstić information content (AvgIpc) is 2.76. The highest BCUT2D eigenvalue weighted by Gasteiger charge is 2.07. The lowest BCUT2D eigenvalue weighted by Gasteiger charge is -2.11. The Morgan fingerprint density at radius 1 is 1.44 bits per heavy atom. The van der Waals surface area contributed by atoms with Crippen molar-refractivity contribution in [3.05, 3.63) is 41.4 Å². The number of thioether (sulfide) groups is 1. The molecule has 0 spiro atoms. The summed E-state index contributed by atoms with van der Waals surface area (Å²) in [7, 11) is 0. The van der Waals surface area contributed by atoms with Crippen LogP contribution in [0.3, 0.4) is 0 Å². The highest BCUT2D eigenvalue weighted by molar-refractivity contribution is 7.98. The number of rotatable bonds is 4. The topological polar surface area (TPSA) is 43.8 Å². The molecule has 3 nitrogen and oxygen atoms in total. The Labute approximate surface area is 116 Å². The lowest BCUT2D eigenvalue weighted by molar-refractivity contribution is 0.584. The third kappa shape index (κ3) is 3.00. The number of hydrogen-bond donors (Lipinski definition) is 1. The van der Waals surface area contributed by atoms with E-state index in [0.29, 0.717) is 16.8 Å². The van der Waals surface area contributed by atoms with Crippen molar-refractivity contribution in [2.24, 2.45) is 0 Å². The molecule has 0 unspecified atom stereocenters. The van der Waals surface area contributed by atoms with Crippen molar-refractivity contribution in [3.8, 4) is 0 Å². The van der Waals surface area contributed by atoms with Crippen molar-refractivity contribution in [3.63, 3.8) is 0 Å². The van der Waals surface area contributed by atoms with Crippen LogP contribution in [0.1, 0.15) is 25.6 Å². The van der Waals surface area contributed by atoms with Gasteiger partial charge in [0.25, 0.3) is 0 Å². The molecule has 96 valence electrons. The molecule has 0 aliphatic rings. The Balaban J connectivity index is 2.09. The maximum atomic E-state index is 6.15. The molecule has 0 amide bonds. The fraction of sp³-hybridized carbons (Fsp3) is 0.308. The van der Waals surface area contributed by atoms with Gasteiger partial charge in [-0.1, -0.05) is 11.6 Å². The van der Waals surface area contributed by atoms with Crippen LogP contribution in [0.2, 0.25) is 5.02 Å². The van der Waals surface area contributed by atoms with Gasteiger partial charge < -0.3 is 10.3 Å². The lowest BCUT2D eigenvalue weighted by atomic mass is 10.3. The minimum atomic E-state index is 0.421. The summed E-state index contributed by atoms with van der Waals surface area (Å²) in [6.07, 6.45) is 3.77. The first-order valence-corrected chi connectivity index (χ1v) is 7.13. The number of nitrogens with zero attached hydrogens (tertiary/aromatic N) is 2. The molecule has 2 aromatic rings. The molecule has 2 rings (SSSR count). The summed E-state index contributed by atoms with van der Waals surface area (Å²) >= 11 is 7.85. The van der Waals surface area contributed by atoms with Gasteiger partial charge in [-0.3, -0.25) is 0 Å². The summed E-state index contributed by atoms with van der Waals surface area (Å²) < 4.78 is 2.16. The fourth-order valence-corrected chi connectivity index (χ4v) is 2.94. The number of nitrogen functional groups attached to an aromatic ring is 1.